The third-order valence-electron chi connectivity index (χ3n) is 21.8. The van der Waals surface area contributed by atoms with Crippen LogP contribution in [0.1, 0.15) is 79.0 Å². The van der Waals surface area contributed by atoms with Gasteiger partial charge in [-0.1, -0.05) is 204 Å². The maximum atomic E-state index is 2.56. The highest BCUT2D eigenvalue weighted by Crippen LogP contribution is 2.45. The molecular weight excluding hydrogens is 1490 g/mol. The predicted molar refractivity (Wildman–Crippen MR) is 462 cm³/mol. The van der Waals surface area contributed by atoms with Crippen LogP contribution >= 0.6 is 45.2 Å². The molecule has 0 aliphatic rings. The van der Waals surface area contributed by atoms with E-state index in [1.807, 2.05) is 0 Å². The molecule has 0 unspecified atom stereocenters. The first-order chi connectivity index (χ1) is 50.3. The van der Waals surface area contributed by atoms with Gasteiger partial charge in [-0.25, -0.2) is 0 Å². The lowest BCUT2D eigenvalue weighted by atomic mass is 9.85. The highest BCUT2D eigenvalue weighted by atomic mass is 127. The van der Waals surface area contributed by atoms with Crippen LogP contribution in [0.25, 0.3) is 149 Å². The van der Waals surface area contributed by atoms with Gasteiger partial charge in [0.1, 0.15) is 0 Å². The zero-order chi connectivity index (χ0) is 71.1. The minimum Gasteiger partial charge on any atom is -0.341 e. The van der Waals surface area contributed by atoms with Crippen molar-refractivity contribution in [3.63, 3.8) is 0 Å². The molecule has 0 saturated heterocycles. The maximum Gasteiger partial charge on any atom is 0.0541 e. The summed E-state index contributed by atoms with van der Waals surface area (Å²) in [7, 11) is 0. The predicted octanol–water partition coefficient (Wildman–Crippen LogP) is 28.1. The Bertz CT molecular complexity index is 6330. The number of halogens is 2. The number of para-hydroxylation sites is 2. The number of alkyl halides is 1. The average Bonchev–Trinajstić information content (AvgIpc) is 1.62. The Balaban J connectivity index is 0.664. The first-order valence-corrected chi connectivity index (χ1v) is 38.5. The van der Waals surface area contributed by atoms with Crippen LogP contribution in [0.15, 0.2) is 303 Å². The van der Waals surface area contributed by atoms with Crippen LogP contribution in [0.3, 0.4) is 0 Å². The molecule has 18 rings (SSSR count). The molecule has 7 heteroatoms. The van der Waals surface area contributed by atoms with Crippen molar-refractivity contribution in [2.45, 2.75) is 83.1 Å². The normalized spacial score (nSPS) is 12.4. The average molecular weight is 1570 g/mol. The Morgan fingerprint density at radius 1 is 0.269 bits per heavy atom. The summed E-state index contributed by atoms with van der Waals surface area (Å²) < 4.78 is 11.0. The summed E-state index contributed by atoms with van der Waals surface area (Å²) in [6, 6.07) is 114. The molecule has 5 nitrogen and oxygen atoms in total. The number of nitrogens with zero attached hydrogens (tertiary/aromatic N) is 5. The summed E-state index contributed by atoms with van der Waals surface area (Å²) in [5, 5.41) is 10.2. The maximum absolute atomic E-state index is 2.56. The van der Waals surface area contributed by atoms with E-state index in [4.69, 9.17) is 0 Å². The van der Waals surface area contributed by atoms with E-state index >= 15 is 0 Å². The molecule has 0 aliphatic carbocycles. The Kier molecular flexibility index (Phi) is 15.9. The van der Waals surface area contributed by atoms with Gasteiger partial charge in [0.15, 0.2) is 0 Å². The fourth-order valence-electron chi connectivity index (χ4n) is 16.1. The zero-order valence-corrected chi connectivity index (χ0v) is 64.4. The van der Waals surface area contributed by atoms with Gasteiger partial charge in [0.2, 0.25) is 0 Å². The Labute approximate surface area is 635 Å². The van der Waals surface area contributed by atoms with Gasteiger partial charge in [-0.2, -0.15) is 0 Å². The van der Waals surface area contributed by atoms with E-state index in [1.54, 1.807) is 0 Å². The molecule has 0 fully saturated rings. The highest BCUT2D eigenvalue weighted by molar-refractivity contribution is 14.1. The lowest BCUT2D eigenvalue weighted by Gasteiger charge is -2.26. The molecule has 18 aromatic rings. The van der Waals surface area contributed by atoms with Gasteiger partial charge in [0.05, 0.1) is 33.1 Å². The fourth-order valence-corrected chi connectivity index (χ4v) is 17.0. The molecule has 0 spiro atoms. The van der Waals surface area contributed by atoms with Crippen LogP contribution in [-0.2, 0) is 20.8 Å². The third-order valence-corrected chi connectivity index (χ3v) is 23.1. The number of hydrogen-bond donors (Lipinski definition) is 0. The molecule has 0 radical (unpaired) electrons. The second-order valence-electron chi connectivity index (χ2n) is 30.7. The molecule has 4 aromatic heterocycles. The van der Waals surface area contributed by atoms with E-state index in [1.165, 1.54) is 130 Å². The van der Waals surface area contributed by atoms with Gasteiger partial charge in [0, 0.05) is 102 Å². The lowest BCUT2D eigenvalue weighted by molar-refractivity contribution is 0.590. The molecule has 0 N–H and O–H groups in total. The minimum absolute atomic E-state index is 0.0304. The quantitative estimate of drug-likeness (QED) is 0.0883. The number of fused-ring (bicyclic) bond motifs is 12. The molecule has 506 valence electrons. The summed E-state index contributed by atoms with van der Waals surface area (Å²) in [5.41, 5.74) is 29.9. The van der Waals surface area contributed by atoms with E-state index in [2.05, 4.69) is 434 Å². The number of anilines is 3. The molecule has 4 heterocycles. The van der Waals surface area contributed by atoms with Gasteiger partial charge in [-0.3, -0.25) is 0 Å². The summed E-state index contributed by atoms with van der Waals surface area (Å²) in [6.07, 6.45) is 0. The van der Waals surface area contributed by atoms with Gasteiger partial charge >= 0.3 is 0 Å². The molecule has 0 aliphatic heterocycles. The van der Waals surface area contributed by atoms with Crippen LogP contribution in [0.2, 0.25) is 0 Å². The number of rotatable bonds is 12. The first-order valence-electron chi connectivity index (χ1n) is 36.3. The van der Waals surface area contributed by atoms with Crippen LogP contribution in [0.4, 0.5) is 17.1 Å². The SMILES string of the molecule is CCn1c2ccc(-c3ccc4c(c3)c3ccccc3n4-c3ccc(-c4ccc(N(c5ccc(-c6ccc(-n7c8ccccc8c8cc(I)ccc87)cc6)cc5)c5ccc(-c6ccc(-n7c8ccc(C(C)(C)C)cc8c8cc(C(C)(C)C)ccc87)cc6)cc5)cc4)cc3)cc2c2cc(C(C)(C)I)ccc21. The number of hydrogen-bond acceptors (Lipinski definition) is 1. The van der Waals surface area contributed by atoms with Gasteiger partial charge in [-0.15, -0.1) is 0 Å². The van der Waals surface area contributed by atoms with Crippen molar-refractivity contribution in [1.29, 1.82) is 0 Å². The second kappa shape index (κ2) is 25.2. The third kappa shape index (κ3) is 11.3. The number of aryl methyl sites for hydroxylation is 1. The van der Waals surface area contributed by atoms with Crippen molar-refractivity contribution < 1.29 is 0 Å². The van der Waals surface area contributed by atoms with Crippen LogP contribution in [0, 0.1) is 3.57 Å². The van der Waals surface area contributed by atoms with Crippen LogP contribution < -0.4 is 4.90 Å². The largest absolute Gasteiger partial charge is 0.341 e. The van der Waals surface area contributed by atoms with Crippen molar-refractivity contribution in [1.82, 2.24) is 18.3 Å². The van der Waals surface area contributed by atoms with Gasteiger partial charge in [0.25, 0.3) is 0 Å². The van der Waals surface area contributed by atoms with Gasteiger partial charge in [-0.05, 0) is 279 Å². The number of benzene rings is 14. The molecular formula is C97H79I2N5. The lowest BCUT2D eigenvalue weighted by Crippen LogP contribution is -2.10. The Morgan fingerprint density at radius 2 is 0.548 bits per heavy atom. The van der Waals surface area contributed by atoms with Crippen molar-refractivity contribution >= 4 is 149 Å². The topological polar surface area (TPSA) is 23.0 Å². The van der Waals surface area contributed by atoms with E-state index in [0.29, 0.717) is 0 Å². The zero-order valence-electron chi connectivity index (χ0n) is 60.1. The second-order valence-corrected chi connectivity index (χ2v) is 34.6. The number of aromatic nitrogens is 4. The van der Waals surface area contributed by atoms with Crippen molar-refractivity contribution in [2.24, 2.45) is 0 Å². The fraction of sp³-hybridized carbons (Fsp3) is 0.134. The summed E-state index contributed by atoms with van der Waals surface area (Å²) in [5.74, 6) is 0. The van der Waals surface area contributed by atoms with Crippen molar-refractivity contribution in [2.75, 3.05) is 4.90 Å². The van der Waals surface area contributed by atoms with E-state index < -0.39 is 0 Å². The first kappa shape index (κ1) is 65.6. The summed E-state index contributed by atoms with van der Waals surface area (Å²) in [6.45, 7) is 21.6. The van der Waals surface area contributed by atoms with E-state index in [-0.39, 0.29) is 14.3 Å². The van der Waals surface area contributed by atoms with Crippen molar-refractivity contribution in [3.05, 3.63) is 324 Å². The highest BCUT2D eigenvalue weighted by Gasteiger charge is 2.25. The monoisotopic (exact) mass is 1570 g/mol. The van der Waals surface area contributed by atoms with E-state index in [9.17, 15) is 0 Å². The molecule has 14 aromatic carbocycles. The van der Waals surface area contributed by atoms with E-state index in [0.717, 1.165) is 62.9 Å². The molecule has 0 bridgehead atoms. The molecule has 104 heavy (non-hydrogen) atoms. The molecule has 0 amide bonds. The van der Waals surface area contributed by atoms with Crippen LogP contribution in [-0.4, -0.2) is 18.3 Å². The smallest absolute Gasteiger partial charge is 0.0541 e. The Morgan fingerprint density at radius 3 is 0.933 bits per heavy atom. The van der Waals surface area contributed by atoms with Crippen LogP contribution in [0.5, 0.6) is 0 Å². The summed E-state index contributed by atoms with van der Waals surface area (Å²) in [4.78, 5) is 2.38. The van der Waals surface area contributed by atoms with Gasteiger partial charge < -0.3 is 23.2 Å². The molecule has 0 atom stereocenters. The summed E-state index contributed by atoms with van der Waals surface area (Å²) >= 11 is 4.99. The standard InChI is InChI=1S/C97H79I2N5/c1-10-100-87-49-31-67(56-82(87)83-59-71(97(8,9)99)35-51-88(83)100)68-32-50-91-81(55-68)79-15-11-13-17-89(79)102(91)76-43-25-64(26-44-76)61-19-37-73(38-20-61)101(74-39-21-62(22-40-74)65-27-45-77(46-28-65)103-90-18-14-12-16-80(90)86-60-72(98)36-54-94(86)103)75-41-23-63(24-42-75)66-29-47-78(48-30-66)104-92-52-33-69(95(2,3)4)57-84(92)85-58-70(96(5,6)7)34-53-93(85)104/h11-60H,10H2,1-9H3. The molecule has 0 saturated carbocycles. The van der Waals surface area contributed by atoms with Crippen molar-refractivity contribution in [3.8, 4) is 61.6 Å². The minimum atomic E-state index is 0.0304. The Hall–Kier alpha value is -10.5.